The lowest BCUT2D eigenvalue weighted by atomic mass is 10.2. The highest BCUT2D eigenvalue weighted by molar-refractivity contribution is 5.95. The van der Waals surface area contributed by atoms with E-state index in [1.807, 2.05) is 0 Å². The zero-order valence-electron chi connectivity index (χ0n) is 14.1. The molecule has 3 amide bonds. The molecular formula is C17H14F3N3O5. The summed E-state index contributed by atoms with van der Waals surface area (Å²) < 4.78 is 51.3. The first kappa shape index (κ1) is 19.1. The lowest BCUT2D eigenvalue weighted by Gasteiger charge is -2.14. The van der Waals surface area contributed by atoms with Crippen molar-refractivity contribution in [2.75, 3.05) is 6.79 Å². The van der Waals surface area contributed by atoms with Crippen LogP contribution >= 0.6 is 0 Å². The minimum absolute atomic E-state index is 0.0561. The summed E-state index contributed by atoms with van der Waals surface area (Å²) in [5, 5.41) is 2.32. The van der Waals surface area contributed by atoms with E-state index in [4.69, 9.17) is 9.47 Å². The van der Waals surface area contributed by atoms with Gasteiger partial charge in [0.05, 0.1) is 0 Å². The van der Waals surface area contributed by atoms with E-state index < -0.39 is 24.1 Å². The maximum atomic E-state index is 12.4. The summed E-state index contributed by atoms with van der Waals surface area (Å²) in [4.78, 5) is 23.8. The Bertz CT molecular complexity index is 889. The number of carbonyl (C=O) groups is 2. The van der Waals surface area contributed by atoms with Gasteiger partial charge in [0.15, 0.2) is 11.5 Å². The summed E-state index contributed by atoms with van der Waals surface area (Å²) in [7, 11) is 0. The van der Waals surface area contributed by atoms with Crippen LogP contribution in [-0.2, 0) is 6.54 Å². The number of urea groups is 1. The summed E-state index contributed by atoms with van der Waals surface area (Å²) in [6.45, 7) is -0.196. The van der Waals surface area contributed by atoms with Crippen LogP contribution in [0.25, 0.3) is 0 Å². The summed E-state index contributed by atoms with van der Waals surface area (Å²) in [6, 6.07) is 9.02. The number of hydrazine groups is 1. The molecule has 8 nitrogen and oxygen atoms in total. The Labute approximate surface area is 156 Å². The number of amides is 3. The van der Waals surface area contributed by atoms with E-state index >= 15 is 0 Å². The van der Waals surface area contributed by atoms with Gasteiger partial charge in [0.25, 0.3) is 5.91 Å². The number of fused-ring (bicyclic) bond motifs is 1. The fourth-order valence-corrected chi connectivity index (χ4v) is 2.32. The van der Waals surface area contributed by atoms with Crippen molar-refractivity contribution in [1.82, 2.24) is 16.2 Å². The number of alkyl halides is 3. The molecule has 28 heavy (non-hydrogen) atoms. The summed E-state index contributed by atoms with van der Waals surface area (Å²) in [5.41, 5.74) is 4.60. The Morgan fingerprint density at radius 1 is 1.04 bits per heavy atom. The van der Waals surface area contributed by atoms with Gasteiger partial charge >= 0.3 is 12.4 Å². The van der Waals surface area contributed by atoms with Crippen LogP contribution in [0.4, 0.5) is 18.0 Å². The van der Waals surface area contributed by atoms with E-state index in [0.29, 0.717) is 11.5 Å². The first-order valence-electron chi connectivity index (χ1n) is 7.89. The van der Waals surface area contributed by atoms with Gasteiger partial charge in [-0.15, -0.1) is 13.2 Å². The quantitative estimate of drug-likeness (QED) is 0.689. The van der Waals surface area contributed by atoms with Gasteiger partial charge in [-0.1, -0.05) is 18.2 Å². The molecule has 0 saturated heterocycles. The highest BCUT2D eigenvalue weighted by Gasteiger charge is 2.32. The third-order valence-electron chi connectivity index (χ3n) is 3.56. The van der Waals surface area contributed by atoms with Gasteiger partial charge in [-0.05, 0) is 24.3 Å². The monoisotopic (exact) mass is 397 g/mol. The number of nitrogens with one attached hydrogen (secondary N) is 3. The second-order valence-corrected chi connectivity index (χ2v) is 5.49. The van der Waals surface area contributed by atoms with Crippen LogP contribution in [0.3, 0.4) is 0 Å². The van der Waals surface area contributed by atoms with Gasteiger partial charge in [-0.25, -0.2) is 10.2 Å². The molecule has 0 aliphatic carbocycles. The minimum Gasteiger partial charge on any atom is -0.454 e. The fraction of sp³-hybridized carbons (Fsp3) is 0.176. The van der Waals surface area contributed by atoms with Gasteiger partial charge < -0.3 is 19.5 Å². The standard InChI is InChI=1S/C17H14F3N3O5/c18-17(19,20)28-12-4-2-1-3-11(12)8-21-16(25)23-22-15(24)10-5-6-13-14(7-10)27-9-26-13/h1-7H,8-9H2,(H,22,24)(H2,21,23,25). The van der Waals surface area contributed by atoms with Crippen molar-refractivity contribution >= 4 is 11.9 Å². The molecule has 1 aliphatic heterocycles. The van der Waals surface area contributed by atoms with Gasteiger partial charge in [-0.2, -0.15) is 0 Å². The van der Waals surface area contributed by atoms with Crippen LogP contribution in [0.5, 0.6) is 17.2 Å². The maximum absolute atomic E-state index is 12.4. The number of hydrogen-bond donors (Lipinski definition) is 3. The molecule has 0 unspecified atom stereocenters. The second kappa shape index (κ2) is 7.94. The van der Waals surface area contributed by atoms with Crippen LogP contribution in [0.1, 0.15) is 15.9 Å². The number of ether oxygens (including phenoxy) is 3. The molecule has 2 aromatic rings. The molecule has 0 bridgehead atoms. The molecule has 0 aromatic heterocycles. The van der Waals surface area contributed by atoms with Crippen molar-refractivity contribution in [3.8, 4) is 17.2 Å². The molecule has 3 rings (SSSR count). The molecule has 3 N–H and O–H groups in total. The Hall–Kier alpha value is -3.63. The molecule has 0 fully saturated rings. The first-order chi connectivity index (χ1) is 13.3. The first-order valence-corrected chi connectivity index (χ1v) is 7.89. The average molecular weight is 397 g/mol. The average Bonchev–Trinajstić information content (AvgIpc) is 3.12. The Balaban J connectivity index is 1.51. The zero-order valence-corrected chi connectivity index (χ0v) is 14.1. The van der Waals surface area contributed by atoms with E-state index in [1.54, 1.807) is 6.07 Å². The molecule has 1 aliphatic rings. The summed E-state index contributed by atoms with van der Waals surface area (Å²) >= 11 is 0. The van der Waals surface area contributed by atoms with Crippen molar-refractivity contribution in [3.63, 3.8) is 0 Å². The van der Waals surface area contributed by atoms with Gasteiger partial charge in [0, 0.05) is 17.7 Å². The molecule has 148 valence electrons. The third kappa shape index (κ3) is 4.96. The maximum Gasteiger partial charge on any atom is 0.573 e. The summed E-state index contributed by atoms with van der Waals surface area (Å²) in [6.07, 6.45) is -4.85. The molecule has 0 spiro atoms. The smallest absolute Gasteiger partial charge is 0.454 e. The van der Waals surface area contributed by atoms with E-state index in [-0.39, 0.29) is 24.5 Å². The Morgan fingerprint density at radius 3 is 2.57 bits per heavy atom. The van der Waals surface area contributed by atoms with Crippen LogP contribution in [0, 0.1) is 0 Å². The Kier molecular flexibility index (Phi) is 5.43. The van der Waals surface area contributed by atoms with Crippen molar-refractivity contribution in [3.05, 3.63) is 53.6 Å². The fourth-order valence-electron chi connectivity index (χ4n) is 2.32. The van der Waals surface area contributed by atoms with Gasteiger partial charge in [0.2, 0.25) is 6.79 Å². The largest absolute Gasteiger partial charge is 0.573 e. The number of halogens is 3. The lowest BCUT2D eigenvalue weighted by Crippen LogP contribution is -2.46. The number of para-hydroxylation sites is 1. The molecule has 1 heterocycles. The molecule has 2 aromatic carbocycles. The van der Waals surface area contributed by atoms with Crippen LogP contribution in [0.15, 0.2) is 42.5 Å². The Morgan fingerprint density at radius 2 is 1.79 bits per heavy atom. The lowest BCUT2D eigenvalue weighted by molar-refractivity contribution is -0.274. The van der Waals surface area contributed by atoms with E-state index in [9.17, 15) is 22.8 Å². The number of rotatable bonds is 4. The van der Waals surface area contributed by atoms with Crippen LogP contribution < -0.4 is 30.4 Å². The summed E-state index contributed by atoms with van der Waals surface area (Å²) in [5.74, 6) is -0.144. The van der Waals surface area contributed by atoms with Crippen LogP contribution in [0.2, 0.25) is 0 Å². The van der Waals surface area contributed by atoms with E-state index in [2.05, 4.69) is 20.9 Å². The third-order valence-corrected chi connectivity index (χ3v) is 3.56. The van der Waals surface area contributed by atoms with Crippen LogP contribution in [-0.4, -0.2) is 25.1 Å². The SMILES string of the molecule is O=C(NCc1ccccc1OC(F)(F)F)NNC(=O)c1ccc2c(c1)OCO2. The second-order valence-electron chi connectivity index (χ2n) is 5.49. The highest BCUT2D eigenvalue weighted by atomic mass is 19.4. The molecule has 11 heteroatoms. The number of hydrogen-bond acceptors (Lipinski definition) is 5. The molecule has 0 radical (unpaired) electrons. The zero-order chi connectivity index (χ0) is 20.1. The van der Waals surface area contributed by atoms with E-state index in [0.717, 1.165) is 6.07 Å². The topological polar surface area (TPSA) is 97.9 Å². The predicted octanol–water partition coefficient (Wildman–Crippen LogP) is 2.46. The highest BCUT2D eigenvalue weighted by Crippen LogP contribution is 2.32. The normalized spacial score (nSPS) is 12.2. The molecule has 0 atom stereocenters. The van der Waals surface area contributed by atoms with Crippen molar-refractivity contribution in [2.24, 2.45) is 0 Å². The number of carbonyl (C=O) groups excluding carboxylic acids is 2. The van der Waals surface area contributed by atoms with Crippen molar-refractivity contribution in [2.45, 2.75) is 12.9 Å². The predicted molar refractivity (Wildman–Crippen MR) is 88.5 cm³/mol. The van der Waals surface area contributed by atoms with E-state index in [1.165, 1.54) is 30.3 Å². The molecule has 0 saturated carbocycles. The van der Waals surface area contributed by atoms with Gasteiger partial charge in [-0.3, -0.25) is 10.2 Å². The minimum atomic E-state index is -4.85. The van der Waals surface area contributed by atoms with Crippen molar-refractivity contribution in [1.29, 1.82) is 0 Å². The number of benzene rings is 2. The van der Waals surface area contributed by atoms with Gasteiger partial charge in [0.1, 0.15) is 5.75 Å². The molecular weight excluding hydrogens is 383 g/mol. The van der Waals surface area contributed by atoms with Crippen molar-refractivity contribution < 1.29 is 37.0 Å².